The van der Waals surface area contributed by atoms with E-state index in [0.29, 0.717) is 6.61 Å². The van der Waals surface area contributed by atoms with Crippen molar-refractivity contribution < 1.29 is 9.47 Å². The highest BCUT2D eigenvalue weighted by molar-refractivity contribution is 4.89. The van der Waals surface area contributed by atoms with Crippen molar-refractivity contribution in [1.29, 1.82) is 0 Å². The van der Waals surface area contributed by atoms with E-state index in [1.54, 1.807) is 6.08 Å². The molecule has 0 spiro atoms. The average molecular weight is 142 g/mol. The molecule has 1 rings (SSSR count). The van der Waals surface area contributed by atoms with Gasteiger partial charge in [0.1, 0.15) is 0 Å². The minimum Gasteiger partial charge on any atom is -0.344 e. The first-order valence-corrected chi connectivity index (χ1v) is 3.65. The fourth-order valence-corrected chi connectivity index (χ4v) is 0.966. The topological polar surface area (TPSA) is 18.5 Å². The first-order valence-electron chi connectivity index (χ1n) is 3.65. The summed E-state index contributed by atoms with van der Waals surface area (Å²) in [4.78, 5) is 0. The van der Waals surface area contributed by atoms with Gasteiger partial charge >= 0.3 is 0 Å². The van der Waals surface area contributed by atoms with E-state index in [1.165, 1.54) is 0 Å². The molecule has 2 nitrogen and oxygen atoms in total. The van der Waals surface area contributed by atoms with Crippen LogP contribution in [-0.4, -0.2) is 18.5 Å². The zero-order valence-corrected chi connectivity index (χ0v) is 6.59. The maximum atomic E-state index is 5.51. The van der Waals surface area contributed by atoms with Crippen molar-refractivity contribution in [2.75, 3.05) is 6.61 Å². The normalized spacial score (nSPS) is 40.0. The van der Waals surface area contributed by atoms with Crippen LogP contribution in [0, 0.1) is 0 Å². The Balaban J connectivity index is 2.48. The van der Waals surface area contributed by atoms with Gasteiger partial charge in [0.05, 0.1) is 12.7 Å². The maximum Gasteiger partial charge on any atom is 0.185 e. The van der Waals surface area contributed by atoms with Crippen molar-refractivity contribution in [2.45, 2.75) is 32.2 Å². The van der Waals surface area contributed by atoms with Gasteiger partial charge in [-0.2, -0.15) is 0 Å². The third kappa shape index (κ3) is 1.39. The molecular weight excluding hydrogens is 128 g/mol. The van der Waals surface area contributed by atoms with Gasteiger partial charge in [0.2, 0.25) is 0 Å². The zero-order valence-electron chi connectivity index (χ0n) is 6.59. The van der Waals surface area contributed by atoms with Crippen LogP contribution < -0.4 is 0 Å². The molecule has 0 saturated carbocycles. The van der Waals surface area contributed by atoms with Gasteiger partial charge in [0, 0.05) is 0 Å². The van der Waals surface area contributed by atoms with Crippen molar-refractivity contribution >= 4 is 0 Å². The van der Waals surface area contributed by atoms with E-state index in [0.717, 1.165) is 6.42 Å². The monoisotopic (exact) mass is 142 g/mol. The Kier molecular flexibility index (Phi) is 2.11. The molecule has 0 aromatic rings. The lowest BCUT2D eigenvalue weighted by Gasteiger charge is -2.17. The van der Waals surface area contributed by atoms with Gasteiger partial charge in [-0.15, -0.1) is 0 Å². The summed E-state index contributed by atoms with van der Waals surface area (Å²) in [7, 11) is 0. The molecule has 0 amide bonds. The maximum absolute atomic E-state index is 5.51. The molecule has 2 unspecified atom stereocenters. The van der Waals surface area contributed by atoms with E-state index >= 15 is 0 Å². The number of ether oxygens (including phenoxy) is 2. The Hall–Kier alpha value is -0.340. The third-order valence-corrected chi connectivity index (χ3v) is 1.78. The lowest BCUT2D eigenvalue weighted by atomic mass is 10.3. The average Bonchev–Trinajstić information content (AvgIpc) is 2.33. The van der Waals surface area contributed by atoms with Crippen LogP contribution in [0.3, 0.4) is 0 Å². The highest BCUT2D eigenvalue weighted by atomic mass is 16.7. The van der Waals surface area contributed by atoms with Crippen LogP contribution in [0.1, 0.15) is 20.3 Å². The van der Waals surface area contributed by atoms with E-state index in [-0.39, 0.29) is 6.10 Å². The Bertz CT molecular complexity index is 133. The molecule has 0 aliphatic carbocycles. The van der Waals surface area contributed by atoms with E-state index in [9.17, 15) is 0 Å². The van der Waals surface area contributed by atoms with Crippen LogP contribution in [0.5, 0.6) is 0 Å². The minimum atomic E-state index is -0.527. The highest BCUT2D eigenvalue weighted by Gasteiger charge is 2.32. The number of hydrogen-bond acceptors (Lipinski definition) is 2. The molecule has 2 atom stereocenters. The second-order valence-corrected chi connectivity index (χ2v) is 2.68. The smallest absolute Gasteiger partial charge is 0.185 e. The Labute approximate surface area is 61.8 Å². The van der Waals surface area contributed by atoms with Gasteiger partial charge in [-0.25, -0.2) is 0 Å². The van der Waals surface area contributed by atoms with Crippen LogP contribution >= 0.6 is 0 Å². The quantitative estimate of drug-likeness (QED) is 0.546. The summed E-state index contributed by atoms with van der Waals surface area (Å²) in [6.07, 6.45) is 2.95. The summed E-state index contributed by atoms with van der Waals surface area (Å²) in [6.45, 7) is 8.30. The third-order valence-electron chi connectivity index (χ3n) is 1.78. The molecule has 0 bridgehead atoms. The molecule has 1 heterocycles. The molecule has 1 fully saturated rings. The van der Waals surface area contributed by atoms with Crippen molar-refractivity contribution in [3.8, 4) is 0 Å². The van der Waals surface area contributed by atoms with Crippen LogP contribution in [-0.2, 0) is 9.47 Å². The summed E-state index contributed by atoms with van der Waals surface area (Å²) in [5, 5.41) is 0. The molecule has 0 aromatic heterocycles. The van der Waals surface area contributed by atoms with Crippen LogP contribution in [0.2, 0.25) is 0 Å². The van der Waals surface area contributed by atoms with E-state index in [2.05, 4.69) is 13.5 Å². The van der Waals surface area contributed by atoms with E-state index in [1.807, 2.05) is 6.92 Å². The molecule has 0 radical (unpaired) electrons. The van der Waals surface area contributed by atoms with Crippen molar-refractivity contribution in [2.24, 2.45) is 0 Å². The van der Waals surface area contributed by atoms with Crippen LogP contribution in [0.25, 0.3) is 0 Å². The van der Waals surface area contributed by atoms with Gasteiger partial charge in [-0.1, -0.05) is 13.5 Å². The first-order chi connectivity index (χ1) is 4.70. The van der Waals surface area contributed by atoms with Crippen molar-refractivity contribution in [3.63, 3.8) is 0 Å². The predicted octanol–water partition coefficient (Wildman–Crippen LogP) is 1.71. The lowest BCUT2D eigenvalue weighted by molar-refractivity contribution is -0.113. The number of rotatable bonds is 2. The van der Waals surface area contributed by atoms with Gasteiger partial charge < -0.3 is 9.47 Å². The molecule has 2 heteroatoms. The zero-order chi connectivity index (χ0) is 7.61. The Morgan fingerprint density at radius 3 is 2.80 bits per heavy atom. The minimum absolute atomic E-state index is 0.253. The molecular formula is C8H14O2. The van der Waals surface area contributed by atoms with Gasteiger partial charge in [-0.3, -0.25) is 0 Å². The SMILES string of the molecule is C=CC1(C)OCC(CC)O1. The summed E-state index contributed by atoms with van der Waals surface area (Å²) in [6, 6.07) is 0. The van der Waals surface area contributed by atoms with Gasteiger partial charge in [0.25, 0.3) is 0 Å². The van der Waals surface area contributed by atoms with Crippen molar-refractivity contribution in [1.82, 2.24) is 0 Å². The highest BCUT2D eigenvalue weighted by Crippen LogP contribution is 2.25. The fraction of sp³-hybridized carbons (Fsp3) is 0.750. The second kappa shape index (κ2) is 2.72. The molecule has 58 valence electrons. The molecule has 0 N–H and O–H groups in total. The fourth-order valence-electron chi connectivity index (χ4n) is 0.966. The van der Waals surface area contributed by atoms with Gasteiger partial charge in [0.15, 0.2) is 5.79 Å². The molecule has 10 heavy (non-hydrogen) atoms. The predicted molar refractivity (Wildman–Crippen MR) is 39.7 cm³/mol. The molecule has 1 aliphatic heterocycles. The molecule has 1 saturated heterocycles. The van der Waals surface area contributed by atoms with E-state index < -0.39 is 5.79 Å². The largest absolute Gasteiger partial charge is 0.344 e. The summed E-state index contributed by atoms with van der Waals surface area (Å²) < 4.78 is 10.9. The second-order valence-electron chi connectivity index (χ2n) is 2.68. The van der Waals surface area contributed by atoms with Crippen molar-refractivity contribution in [3.05, 3.63) is 12.7 Å². The van der Waals surface area contributed by atoms with Gasteiger partial charge in [-0.05, 0) is 19.4 Å². The lowest BCUT2D eigenvalue weighted by Crippen LogP contribution is -2.22. The summed E-state index contributed by atoms with van der Waals surface area (Å²) >= 11 is 0. The Morgan fingerprint density at radius 2 is 2.50 bits per heavy atom. The molecule has 1 aliphatic rings. The Morgan fingerprint density at radius 1 is 1.80 bits per heavy atom. The molecule has 0 aromatic carbocycles. The van der Waals surface area contributed by atoms with E-state index in [4.69, 9.17) is 9.47 Å². The van der Waals surface area contributed by atoms with Crippen LogP contribution in [0.15, 0.2) is 12.7 Å². The summed E-state index contributed by atoms with van der Waals surface area (Å²) in [5.74, 6) is -0.527. The standard InChI is InChI=1S/C8H14O2/c1-4-7-6-9-8(3,5-2)10-7/h5,7H,2,4,6H2,1,3H3. The van der Waals surface area contributed by atoms with Crippen LogP contribution in [0.4, 0.5) is 0 Å². The summed E-state index contributed by atoms with van der Waals surface area (Å²) in [5.41, 5.74) is 0. The number of hydrogen-bond donors (Lipinski definition) is 0. The first kappa shape index (κ1) is 7.76.